The number of carbonyl (C=O) groups is 1. The second-order valence-electron chi connectivity index (χ2n) is 5.39. The maximum Gasteiger partial charge on any atom is 0.573 e. The standard InChI is InChI=1S/C15H19F3N2O3.ClH/c1-10-13(19-7-8-22-10)14(21)20(2)9-11-3-5-12(6-4-11)23-15(16,17)18;/h3-6,10,13,19H,7-9H2,1-2H3;1H/t10-,13+;/m1./s1. The third-order valence-corrected chi connectivity index (χ3v) is 3.54. The number of likely N-dealkylation sites (N-methyl/N-ethyl adjacent to an activating group) is 1. The van der Waals surface area contributed by atoms with Crippen molar-refractivity contribution in [2.75, 3.05) is 20.2 Å². The number of morpholine rings is 1. The Morgan fingerprint density at radius 2 is 2.00 bits per heavy atom. The van der Waals surface area contributed by atoms with Gasteiger partial charge in [0.2, 0.25) is 5.91 Å². The van der Waals surface area contributed by atoms with Gasteiger partial charge in [-0.1, -0.05) is 12.1 Å². The van der Waals surface area contributed by atoms with Crippen molar-refractivity contribution in [1.29, 1.82) is 0 Å². The van der Waals surface area contributed by atoms with E-state index in [2.05, 4.69) is 10.1 Å². The summed E-state index contributed by atoms with van der Waals surface area (Å²) >= 11 is 0. The number of rotatable bonds is 4. The highest BCUT2D eigenvalue weighted by Gasteiger charge is 2.31. The number of alkyl halides is 3. The van der Waals surface area contributed by atoms with Crippen molar-refractivity contribution in [3.05, 3.63) is 29.8 Å². The minimum Gasteiger partial charge on any atom is -0.406 e. The smallest absolute Gasteiger partial charge is 0.406 e. The van der Waals surface area contributed by atoms with Crippen LogP contribution < -0.4 is 10.1 Å². The lowest BCUT2D eigenvalue weighted by Gasteiger charge is -2.32. The van der Waals surface area contributed by atoms with Gasteiger partial charge in [-0.15, -0.1) is 25.6 Å². The number of hydrogen-bond donors (Lipinski definition) is 1. The zero-order valence-corrected chi connectivity index (χ0v) is 14.1. The van der Waals surface area contributed by atoms with Crippen molar-refractivity contribution in [2.24, 2.45) is 0 Å². The molecule has 0 spiro atoms. The van der Waals surface area contributed by atoms with E-state index in [4.69, 9.17) is 4.74 Å². The van der Waals surface area contributed by atoms with Crippen LogP contribution in [0, 0.1) is 0 Å². The minimum absolute atomic E-state index is 0. The molecule has 0 aliphatic carbocycles. The van der Waals surface area contributed by atoms with Gasteiger partial charge in [-0.3, -0.25) is 4.79 Å². The number of hydrogen-bond acceptors (Lipinski definition) is 4. The second-order valence-corrected chi connectivity index (χ2v) is 5.39. The Morgan fingerprint density at radius 1 is 1.38 bits per heavy atom. The van der Waals surface area contributed by atoms with Crippen LogP contribution in [0.15, 0.2) is 24.3 Å². The molecule has 1 amide bonds. The zero-order valence-electron chi connectivity index (χ0n) is 13.3. The van der Waals surface area contributed by atoms with Crippen LogP contribution in [0.5, 0.6) is 5.75 Å². The molecule has 1 heterocycles. The Hall–Kier alpha value is -1.51. The molecule has 0 aromatic heterocycles. The fourth-order valence-electron chi connectivity index (χ4n) is 2.40. The first-order valence-electron chi connectivity index (χ1n) is 7.21. The maximum absolute atomic E-state index is 12.4. The van der Waals surface area contributed by atoms with Crippen LogP contribution in [0.4, 0.5) is 13.2 Å². The van der Waals surface area contributed by atoms with Gasteiger partial charge >= 0.3 is 6.36 Å². The van der Waals surface area contributed by atoms with E-state index in [1.54, 1.807) is 7.05 Å². The highest BCUT2D eigenvalue weighted by Crippen LogP contribution is 2.23. The monoisotopic (exact) mass is 368 g/mol. The van der Waals surface area contributed by atoms with Crippen molar-refractivity contribution in [3.63, 3.8) is 0 Å². The molecular formula is C15H20ClF3N2O3. The van der Waals surface area contributed by atoms with Gasteiger partial charge in [0.05, 0.1) is 12.7 Å². The summed E-state index contributed by atoms with van der Waals surface area (Å²) in [7, 11) is 1.64. The van der Waals surface area contributed by atoms with Gasteiger partial charge in [-0.2, -0.15) is 0 Å². The molecule has 2 atom stereocenters. The van der Waals surface area contributed by atoms with Crippen LogP contribution in [0.1, 0.15) is 12.5 Å². The SMILES string of the molecule is C[C@H]1OCCN[C@@H]1C(=O)N(C)Cc1ccc(OC(F)(F)F)cc1.Cl. The summed E-state index contributed by atoms with van der Waals surface area (Å²) in [6.07, 6.45) is -4.93. The third kappa shape index (κ3) is 5.85. The summed E-state index contributed by atoms with van der Waals surface area (Å²) in [5.41, 5.74) is 0.708. The number of ether oxygens (including phenoxy) is 2. The summed E-state index contributed by atoms with van der Waals surface area (Å²) in [6.45, 7) is 3.29. The van der Waals surface area contributed by atoms with Crippen molar-refractivity contribution in [2.45, 2.75) is 32.0 Å². The van der Waals surface area contributed by atoms with E-state index in [1.807, 2.05) is 6.92 Å². The van der Waals surface area contributed by atoms with Gasteiger partial charge in [-0.25, -0.2) is 0 Å². The van der Waals surface area contributed by atoms with Crippen LogP contribution >= 0.6 is 12.4 Å². The average Bonchev–Trinajstić information content (AvgIpc) is 2.47. The van der Waals surface area contributed by atoms with Gasteiger partial charge in [0.15, 0.2) is 0 Å². The Bertz CT molecular complexity index is 540. The van der Waals surface area contributed by atoms with Crippen LogP contribution in [-0.2, 0) is 16.1 Å². The maximum atomic E-state index is 12.4. The summed E-state index contributed by atoms with van der Waals surface area (Å²) < 4.78 is 45.6. The molecule has 24 heavy (non-hydrogen) atoms. The predicted molar refractivity (Wildman–Crippen MR) is 84.1 cm³/mol. The molecule has 1 N–H and O–H groups in total. The fourth-order valence-corrected chi connectivity index (χ4v) is 2.40. The van der Waals surface area contributed by atoms with Crippen LogP contribution in [0.3, 0.4) is 0 Å². The van der Waals surface area contributed by atoms with E-state index >= 15 is 0 Å². The normalized spacial score (nSPS) is 20.9. The van der Waals surface area contributed by atoms with E-state index in [0.29, 0.717) is 18.7 Å². The number of nitrogens with one attached hydrogen (secondary N) is 1. The zero-order chi connectivity index (χ0) is 17.0. The molecule has 0 unspecified atom stereocenters. The molecule has 0 bridgehead atoms. The molecule has 1 fully saturated rings. The first kappa shape index (κ1) is 20.5. The van der Waals surface area contributed by atoms with Crippen molar-refractivity contribution in [1.82, 2.24) is 10.2 Å². The topological polar surface area (TPSA) is 50.8 Å². The molecule has 1 aromatic carbocycles. The molecule has 1 aliphatic rings. The highest BCUT2D eigenvalue weighted by atomic mass is 35.5. The highest BCUT2D eigenvalue weighted by molar-refractivity contribution is 5.85. The quantitative estimate of drug-likeness (QED) is 0.886. The molecule has 1 saturated heterocycles. The lowest BCUT2D eigenvalue weighted by atomic mass is 10.1. The Labute approximate surface area is 144 Å². The van der Waals surface area contributed by atoms with Gasteiger partial charge in [0.25, 0.3) is 0 Å². The van der Waals surface area contributed by atoms with Crippen LogP contribution in [0.2, 0.25) is 0 Å². The number of benzene rings is 1. The predicted octanol–water partition coefficient (Wildman–Crippen LogP) is 2.34. The summed E-state index contributed by atoms with van der Waals surface area (Å²) in [5.74, 6) is -0.404. The molecule has 1 aromatic rings. The third-order valence-electron chi connectivity index (χ3n) is 3.54. The van der Waals surface area contributed by atoms with E-state index in [9.17, 15) is 18.0 Å². The number of amides is 1. The lowest BCUT2D eigenvalue weighted by molar-refractivity contribution is -0.274. The molecule has 136 valence electrons. The molecule has 0 radical (unpaired) electrons. The summed E-state index contributed by atoms with van der Waals surface area (Å²) in [5, 5.41) is 3.11. The minimum atomic E-state index is -4.71. The van der Waals surface area contributed by atoms with Gasteiger partial charge in [-0.05, 0) is 24.6 Å². The van der Waals surface area contributed by atoms with Crippen molar-refractivity contribution < 1.29 is 27.4 Å². The summed E-state index contributed by atoms with van der Waals surface area (Å²) in [6, 6.07) is 5.04. The molecule has 2 rings (SSSR count). The van der Waals surface area contributed by atoms with Crippen molar-refractivity contribution in [3.8, 4) is 5.75 Å². The molecule has 5 nitrogen and oxygen atoms in total. The number of nitrogens with zero attached hydrogens (tertiary/aromatic N) is 1. The molecular weight excluding hydrogens is 349 g/mol. The van der Waals surface area contributed by atoms with Crippen LogP contribution in [-0.4, -0.2) is 49.5 Å². The number of carbonyl (C=O) groups excluding carboxylic acids is 1. The first-order chi connectivity index (χ1) is 10.8. The largest absolute Gasteiger partial charge is 0.573 e. The van der Waals surface area contributed by atoms with E-state index in [-0.39, 0.29) is 36.7 Å². The molecule has 0 saturated carbocycles. The van der Waals surface area contributed by atoms with Gasteiger partial charge < -0.3 is 19.7 Å². The van der Waals surface area contributed by atoms with E-state index in [0.717, 1.165) is 0 Å². The summed E-state index contributed by atoms with van der Waals surface area (Å²) in [4.78, 5) is 13.9. The first-order valence-corrected chi connectivity index (χ1v) is 7.21. The van der Waals surface area contributed by atoms with E-state index < -0.39 is 12.4 Å². The van der Waals surface area contributed by atoms with Crippen molar-refractivity contribution >= 4 is 18.3 Å². The van der Waals surface area contributed by atoms with Gasteiger partial charge in [0.1, 0.15) is 11.8 Å². The average molecular weight is 369 g/mol. The molecule has 1 aliphatic heterocycles. The fraction of sp³-hybridized carbons (Fsp3) is 0.533. The Morgan fingerprint density at radius 3 is 2.54 bits per heavy atom. The second kappa shape index (κ2) is 8.55. The lowest BCUT2D eigenvalue weighted by Crippen LogP contribution is -2.55. The Balaban J connectivity index is 0.00000288. The Kier molecular flexibility index (Phi) is 7.31. The number of halogens is 4. The van der Waals surface area contributed by atoms with Crippen LogP contribution in [0.25, 0.3) is 0 Å². The van der Waals surface area contributed by atoms with E-state index in [1.165, 1.54) is 29.2 Å². The molecule has 9 heteroatoms. The van der Waals surface area contributed by atoms with Gasteiger partial charge in [0, 0.05) is 20.1 Å².